The van der Waals surface area contributed by atoms with E-state index in [-0.39, 0.29) is 30.7 Å². The number of methoxy groups -OCH3 is 1. The Morgan fingerprint density at radius 3 is 2.55 bits per heavy atom. The van der Waals surface area contributed by atoms with Gasteiger partial charge in [0.25, 0.3) is 5.56 Å². The van der Waals surface area contributed by atoms with Crippen molar-refractivity contribution >= 4 is 22.6 Å². The Kier molecular flexibility index (Phi) is 5.73. The normalized spacial score (nSPS) is 12.8. The van der Waals surface area contributed by atoms with E-state index in [2.05, 4.69) is 5.32 Å². The van der Waals surface area contributed by atoms with Crippen molar-refractivity contribution < 1.29 is 27.5 Å². The number of esters is 1. The first-order valence-corrected chi connectivity index (χ1v) is 10.3. The second-order valence-corrected chi connectivity index (χ2v) is 7.83. The highest BCUT2D eigenvalue weighted by atomic mass is 19.4. The Morgan fingerprint density at radius 1 is 1.12 bits per heavy atom. The molecule has 172 valence electrons. The smallest absolute Gasteiger partial charge is 0.416 e. The number of hydrogen-bond donors (Lipinski definition) is 1. The quantitative estimate of drug-likeness (QED) is 0.605. The predicted octanol–water partition coefficient (Wildman–Crippen LogP) is 3.71. The van der Waals surface area contributed by atoms with Crippen LogP contribution in [-0.4, -0.2) is 30.6 Å². The van der Waals surface area contributed by atoms with Crippen molar-refractivity contribution in [3.8, 4) is 11.3 Å². The molecule has 1 amide bonds. The maximum atomic E-state index is 13.3. The molecule has 33 heavy (non-hydrogen) atoms. The van der Waals surface area contributed by atoms with E-state index >= 15 is 0 Å². The van der Waals surface area contributed by atoms with E-state index in [9.17, 15) is 27.6 Å². The minimum Gasteiger partial charge on any atom is -0.465 e. The van der Waals surface area contributed by atoms with E-state index in [1.807, 2.05) is 0 Å². The van der Waals surface area contributed by atoms with Gasteiger partial charge in [0.2, 0.25) is 5.91 Å². The molecular formula is C24H21F3N2O4. The highest BCUT2D eigenvalue weighted by Gasteiger charge is 2.32. The number of rotatable bonds is 4. The number of benzene rings is 2. The number of alkyl halides is 3. The molecule has 0 spiro atoms. The largest absolute Gasteiger partial charge is 0.465 e. The fourth-order valence-corrected chi connectivity index (χ4v) is 4.33. The summed E-state index contributed by atoms with van der Waals surface area (Å²) < 4.78 is 46.3. The van der Waals surface area contributed by atoms with E-state index in [1.165, 1.54) is 24.8 Å². The Bertz CT molecular complexity index is 1340. The minimum atomic E-state index is -4.59. The molecule has 1 aliphatic rings. The van der Waals surface area contributed by atoms with Crippen molar-refractivity contribution in [3.05, 3.63) is 69.0 Å². The monoisotopic (exact) mass is 458 g/mol. The Morgan fingerprint density at radius 2 is 1.88 bits per heavy atom. The highest BCUT2D eigenvalue weighted by molar-refractivity contribution is 5.95. The molecule has 2 aromatic carbocycles. The molecule has 0 saturated carbocycles. The Hall–Kier alpha value is -3.62. The molecule has 0 saturated heterocycles. The van der Waals surface area contributed by atoms with E-state index in [0.29, 0.717) is 34.2 Å². The number of halogens is 3. The van der Waals surface area contributed by atoms with Crippen molar-refractivity contribution in [2.45, 2.75) is 32.0 Å². The average Bonchev–Trinajstić information content (AvgIpc) is 2.81. The number of carbonyl (C=O) groups excluding carboxylic acids is 2. The summed E-state index contributed by atoms with van der Waals surface area (Å²) in [5, 5.41) is 2.85. The van der Waals surface area contributed by atoms with Gasteiger partial charge >= 0.3 is 12.1 Å². The molecule has 9 heteroatoms. The zero-order valence-corrected chi connectivity index (χ0v) is 18.0. The summed E-state index contributed by atoms with van der Waals surface area (Å²) >= 11 is 0. The zero-order valence-electron chi connectivity index (χ0n) is 18.0. The van der Waals surface area contributed by atoms with E-state index in [0.717, 1.165) is 17.7 Å². The number of aryl methyl sites for hydroxylation is 2. The summed E-state index contributed by atoms with van der Waals surface area (Å²) in [6.07, 6.45) is -3.82. The molecule has 0 fully saturated rings. The van der Waals surface area contributed by atoms with Gasteiger partial charge in [0.1, 0.15) is 0 Å². The zero-order chi connectivity index (χ0) is 23.9. The molecule has 1 aromatic heterocycles. The van der Waals surface area contributed by atoms with Gasteiger partial charge < -0.3 is 14.6 Å². The van der Waals surface area contributed by atoms with Crippen molar-refractivity contribution in [1.29, 1.82) is 0 Å². The molecule has 1 aliphatic heterocycles. The van der Waals surface area contributed by atoms with Gasteiger partial charge in [-0.3, -0.25) is 9.59 Å². The van der Waals surface area contributed by atoms with E-state index in [4.69, 9.17) is 4.74 Å². The Balaban J connectivity index is 2.04. The first kappa shape index (κ1) is 22.6. The number of hydrogen-bond acceptors (Lipinski definition) is 4. The number of nitrogens with zero attached hydrogens (tertiary/aromatic N) is 1. The second kappa shape index (κ2) is 8.38. The lowest BCUT2D eigenvalue weighted by Crippen LogP contribution is -2.29. The molecule has 3 aromatic rings. The third kappa shape index (κ3) is 3.99. The predicted molar refractivity (Wildman–Crippen MR) is 116 cm³/mol. The topological polar surface area (TPSA) is 77.4 Å². The maximum absolute atomic E-state index is 13.3. The van der Waals surface area contributed by atoms with Gasteiger partial charge in [-0.25, -0.2) is 4.79 Å². The van der Waals surface area contributed by atoms with Crippen molar-refractivity contribution in [3.63, 3.8) is 0 Å². The van der Waals surface area contributed by atoms with Crippen LogP contribution in [0.15, 0.2) is 41.2 Å². The van der Waals surface area contributed by atoms with Crippen molar-refractivity contribution in [1.82, 2.24) is 9.88 Å². The number of nitrogens with one attached hydrogen (secondary N) is 1. The summed E-state index contributed by atoms with van der Waals surface area (Å²) in [4.78, 5) is 37.4. The van der Waals surface area contributed by atoms with Crippen LogP contribution in [0.3, 0.4) is 0 Å². The van der Waals surface area contributed by atoms with Crippen LogP contribution in [0, 0.1) is 0 Å². The summed E-state index contributed by atoms with van der Waals surface area (Å²) in [7, 11) is 2.76. The number of fused-ring (bicyclic) bond motifs is 4. The lowest BCUT2D eigenvalue weighted by molar-refractivity contribution is -0.137. The van der Waals surface area contributed by atoms with Gasteiger partial charge in [0.15, 0.2) is 0 Å². The van der Waals surface area contributed by atoms with Crippen LogP contribution >= 0.6 is 0 Å². The number of pyridine rings is 1. The summed E-state index contributed by atoms with van der Waals surface area (Å²) in [6.45, 7) is 0.276. The van der Waals surface area contributed by atoms with Crippen LogP contribution in [-0.2, 0) is 35.1 Å². The first-order chi connectivity index (χ1) is 15.7. The number of carbonyl (C=O) groups is 2. The first-order valence-electron chi connectivity index (χ1n) is 10.3. The van der Waals surface area contributed by atoms with Crippen LogP contribution in [0.1, 0.15) is 33.5 Å². The third-order valence-electron chi connectivity index (χ3n) is 5.98. The van der Waals surface area contributed by atoms with Crippen molar-refractivity contribution in [2.75, 3.05) is 14.2 Å². The fraction of sp³-hybridized carbons (Fsp3) is 0.292. The average molecular weight is 458 g/mol. The van der Waals surface area contributed by atoms with Crippen LogP contribution in [0.5, 0.6) is 0 Å². The van der Waals surface area contributed by atoms with Gasteiger partial charge in [-0.2, -0.15) is 13.2 Å². The molecular weight excluding hydrogens is 437 g/mol. The lowest BCUT2D eigenvalue weighted by atomic mass is 9.88. The number of aromatic nitrogens is 1. The molecule has 6 nitrogen and oxygen atoms in total. The third-order valence-corrected chi connectivity index (χ3v) is 5.98. The van der Waals surface area contributed by atoms with Gasteiger partial charge in [0, 0.05) is 31.0 Å². The highest BCUT2D eigenvalue weighted by Crippen LogP contribution is 2.38. The lowest BCUT2D eigenvalue weighted by Gasteiger charge is -2.26. The van der Waals surface area contributed by atoms with Crippen LogP contribution in [0.25, 0.3) is 22.0 Å². The van der Waals surface area contributed by atoms with E-state index < -0.39 is 23.3 Å². The van der Waals surface area contributed by atoms with Gasteiger partial charge in [0.05, 0.1) is 23.9 Å². The molecule has 0 bridgehead atoms. The number of amides is 1. The molecule has 0 aliphatic carbocycles. The van der Waals surface area contributed by atoms with Crippen LogP contribution in [0.4, 0.5) is 13.2 Å². The second-order valence-electron chi connectivity index (χ2n) is 7.83. The summed E-state index contributed by atoms with van der Waals surface area (Å²) in [5.41, 5.74) is 1.48. The molecule has 2 heterocycles. The molecule has 0 atom stereocenters. The standard InChI is InChI=1S/C24H21F3N2O4/c1-28-20(30)8-7-17-16-6-5-15(24(25,26)27)12-19(16)22(31)29-10-9-13-3-4-14(23(32)33-2)11-18(13)21(17)29/h3-6,11-12H,7-10H2,1-2H3,(H,28,30). The number of ether oxygens (including phenoxy) is 1. The maximum Gasteiger partial charge on any atom is 0.416 e. The van der Waals surface area contributed by atoms with Crippen LogP contribution in [0.2, 0.25) is 0 Å². The van der Waals surface area contributed by atoms with Gasteiger partial charge in [-0.15, -0.1) is 0 Å². The molecule has 0 radical (unpaired) electrons. The van der Waals surface area contributed by atoms with Gasteiger partial charge in [-0.1, -0.05) is 12.1 Å². The van der Waals surface area contributed by atoms with Crippen molar-refractivity contribution in [2.24, 2.45) is 0 Å². The summed E-state index contributed by atoms with van der Waals surface area (Å²) in [6, 6.07) is 8.16. The van der Waals surface area contributed by atoms with Gasteiger partial charge in [-0.05, 0) is 53.6 Å². The summed E-state index contributed by atoms with van der Waals surface area (Å²) in [5.74, 6) is -0.779. The fourth-order valence-electron chi connectivity index (χ4n) is 4.33. The minimum absolute atomic E-state index is 0.0481. The van der Waals surface area contributed by atoms with E-state index in [1.54, 1.807) is 18.2 Å². The van der Waals surface area contributed by atoms with Crippen LogP contribution < -0.4 is 10.9 Å². The molecule has 1 N–H and O–H groups in total. The SMILES string of the molecule is CNC(=O)CCc1c2n(c(=O)c3cc(C(F)(F)F)ccc13)CCc1ccc(C(=O)OC)cc1-2. The Labute approximate surface area is 187 Å². The molecule has 4 rings (SSSR count). The molecule has 0 unspecified atom stereocenters.